The second-order valence-electron chi connectivity index (χ2n) is 3.99. The van der Waals surface area contributed by atoms with Crippen molar-refractivity contribution in [1.29, 1.82) is 0 Å². The normalized spacial score (nSPS) is 12.2. The summed E-state index contributed by atoms with van der Waals surface area (Å²) in [6, 6.07) is 9.55. The molecule has 0 aliphatic heterocycles. The highest BCUT2D eigenvalue weighted by atomic mass is 16.5. The first kappa shape index (κ1) is 12.6. The Morgan fingerprint density at radius 1 is 1.31 bits per heavy atom. The highest BCUT2D eigenvalue weighted by Crippen LogP contribution is 2.12. The van der Waals surface area contributed by atoms with Gasteiger partial charge in [-0.05, 0) is 32.4 Å². The lowest BCUT2D eigenvalue weighted by Gasteiger charge is -2.18. The maximum absolute atomic E-state index is 11.8. The molecule has 1 N–H and O–H groups in total. The lowest BCUT2D eigenvalue weighted by atomic mass is 10.2. The first-order chi connectivity index (χ1) is 7.63. The summed E-state index contributed by atoms with van der Waals surface area (Å²) in [4.78, 5) is 11.8. The van der Waals surface area contributed by atoms with Crippen molar-refractivity contribution in [2.24, 2.45) is 0 Å². The van der Waals surface area contributed by atoms with E-state index in [9.17, 15) is 4.79 Å². The third kappa shape index (κ3) is 3.93. The molecule has 0 aliphatic rings. The molecule has 0 heterocycles. The van der Waals surface area contributed by atoms with Gasteiger partial charge in [0, 0.05) is 6.04 Å². The molecule has 0 aliphatic carbocycles. The van der Waals surface area contributed by atoms with Gasteiger partial charge in [0.1, 0.15) is 5.75 Å². The fraction of sp³-hybridized carbons (Fsp3) is 0.462. The third-order valence-corrected chi connectivity index (χ3v) is 2.12. The van der Waals surface area contributed by atoms with E-state index in [0.717, 1.165) is 5.75 Å². The predicted octanol–water partition coefficient (Wildman–Crippen LogP) is 2.37. The van der Waals surface area contributed by atoms with Crippen molar-refractivity contribution in [3.63, 3.8) is 0 Å². The van der Waals surface area contributed by atoms with Crippen LogP contribution in [-0.2, 0) is 4.79 Å². The van der Waals surface area contributed by atoms with E-state index in [1.54, 1.807) is 0 Å². The zero-order valence-electron chi connectivity index (χ0n) is 10.1. The van der Waals surface area contributed by atoms with Gasteiger partial charge in [0.05, 0.1) is 0 Å². The number of rotatable bonds is 5. The molecule has 0 bridgehead atoms. The van der Waals surface area contributed by atoms with Gasteiger partial charge >= 0.3 is 0 Å². The standard InChI is InChI=1S/C13H19NO2/c1-4-12(13(15)14-10(2)3)16-11-8-6-5-7-9-11/h5-10,12H,4H2,1-3H3,(H,14,15)/t12-/m1/s1. The number of carbonyl (C=O) groups is 1. The summed E-state index contributed by atoms with van der Waals surface area (Å²) >= 11 is 0. The average Bonchev–Trinajstić information content (AvgIpc) is 2.26. The summed E-state index contributed by atoms with van der Waals surface area (Å²) in [6.07, 6.45) is 0.248. The fourth-order valence-electron chi connectivity index (χ4n) is 1.36. The molecule has 0 fully saturated rings. The van der Waals surface area contributed by atoms with Gasteiger partial charge in [0.25, 0.3) is 5.91 Å². The summed E-state index contributed by atoms with van der Waals surface area (Å²) < 4.78 is 5.61. The zero-order valence-corrected chi connectivity index (χ0v) is 10.1. The van der Waals surface area contributed by atoms with Gasteiger partial charge in [-0.3, -0.25) is 4.79 Å². The number of ether oxygens (including phenoxy) is 1. The first-order valence-electron chi connectivity index (χ1n) is 5.65. The minimum atomic E-state index is -0.412. The summed E-state index contributed by atoms with van der Waals surface area (Å²) in [5, 5.41) is 2.85. The number of hydrogen-bond donors (Lipinski definition) is 1. The van der Waals surface area contributed by atoms with Gasteiger partial charge in [0.2, 0.25) is 0 Å². The smallest absolute Gasteiger partial charge is 0.261 e. The topological polar surface area (TPSA) is 38.3 Å². The average molecular weight is 221 g/mol. The van der Waals surface area contributed by atoms with Crippen molar-refractivity contribution in [2.45, 2.75) is 39.3 Å². The summed E-state index contributed by atoms with van der Waals surface area (Å²) in [7, 11) is 0. The lowest BCUT2D eigenvalue weighted by Crippen LogP contribution is -2.41. The van der Waals surface area contributed by atoms with Gasteiger partial charge in [0.15, 0.2) is 6.10 Å². The van der Waals surface area contributed by atoms with Crippen LogP contribution in [0.2, 0.25) is 0 Å². The predicted molar refractivity (Wildman–Crippen MR) is 64.4 cm³/mol. The molecule has 0 aromatic heterocycles. The van der Waals surface area contributed by atoms with E-state index in [1.807, 2.05) is 51.1 Å². The Bertz CT molecular complexity index is 322. The summed E-state index contributed by atoms with van der Waals surface area (Å²) in [5.74, 6) is 0.676. The molecule has 1 amide bonds. The molecule has 16 heavy (non-hydrogen) atoms. The number of benzene rings is 1. The molecule has 3 nitrogen and oxygen atoms in total. The zero-order chi connectivity index (χ0) is 12.0. The molecule has 0 spiro atoms. The first-order valence-corrected chi connectivity index (χ1v) is 5.65. The molecular weight excluding hydrogens is 202 g/mol. The maximum Gasteiger partial charge on any atom is 0.261 e. The van der Waals surface area contributed by atoms with E-state index < -0.39 is 6.10 Å². The largest absolute Gasteiger partial charge is 0.481 e. The van der Waals surface area contributed by atoms with Crippen LogP contribution in [0.1, 0.15) is 27.2 Å². The van der Waals surface area contributed by atoms with Crippen LogP contribution < -0.4 is 10.1 Å². The SMILES string of the molecule is CC[C@@H](Oc1ccccc1)C(=O)NC(C)C. The fourth-order valence-corrected chi connectivity index (χ4v) is 1.36. The Hall–Kier alpha value is -1.51. The Labute approximate surface area is 96.8 Å². The van der Waals surface area contributed by atoms with E-state index >= 15 is 0 Å². The third-order valence-electron chi connectivity index (χ3n) is 2.12. The van der Waals surface area contributed by atoms with E-state index in [1.165, 1.54) is 0 Å². The molecule has 0 saturated carbocycles. The van der Waals surface area contributed by atoms with Crippen LogP contribution in [0.25, 0.3) is 0 Å². The van der Waals surface area contributed by atoms with Gasteiger partial charge in [-0.25, -0.2) is 0 Å². The van der Waals surface area contributed by atoms with Crippen LogP contribution in [-0.4, -0.2) is 18.1 Å². The maximum atomic E-state index is 11.8. The van der Waals surface area contributed by atoms with E-state index in [0.29, 0.717) is 6.42 Å². The van der Waals surface area contributed by atoms with Crippen LogP contribution in [0, 0.1) is 0 Å². The van der Waals surface area contributed by atoms with Crippen molar-refractivity contribution in [3.05, 3.63) is 30.3 Å². The molecule has 1 atom stereocenters. The minimum Gasteiger partial charge on any atom is -0.481 e. The van der Waals surface area contributed by atoms with E-state index in [2.05, 4.69) is 5.32 Å². The summed E-state index contributed by atoms with van der Waals surface area (Å²) in [6.45, 7) is 5.81. The molecule has 1 aromatic rings. The minimum absolute atomic E-state index is 0.0543. The molecule has 3 heteroatoms. The monoisotopic (exact) mass is 221 g/mol. The van der Waals surface area contributed by atoms with Gasteiger partial charge in [-0.2, -0.15) is 0 Å². The molecule has 1 aromatic carbocycles. The number of para-hydroxylation sites is 1. The summed E-state index contributed by atoms with van der Waals surface area (Å²) in [5.41, 5.74) is 0. The molecule has 1 rings (SSSR count). The van der Waals surface area contributed by atoms with Crippen molar-refractivity contribution in [1.82, 2.24) is 5.32 Å². The number of carbonyl (C=O) groups excluding carboxylic acids is 1. The van der Waals surface area contributed by atoms with Crippen LogP contribution in [0.4, 0.5) is 0 Å². The van der Waals surface area contributed by atoms with Gasteiger partial charge < -0.3 is 10.1 Å². The molecule has 0 radical (unpaired) electrons. The Morgan fingerprint density at radius 2 is 1.94 bits per heavy atom. The van der Waals surface area contributed by atoms with E-state index in [4.69, 9.17) is 4.74 Å². The number of hydrogen-bond acceptors (Lipinski definition) is 2. The quantitative estimate of drug-likeness (QED) is 0.829. The second kappa shape index (κ2) is 6.16. The Kier molecular flexibility index (Phi) is 4.83. The Morgan fingerprint density at radius 3 is 2.44 bits per heavy atom. The molecule has 88 valence electrons. The van der Waals surface area contributed by atoms with Crippen LogP contribution >= 0.6 is 0 Å². The van der Waals surface area contributed by atoms with Crippen LogP contribution in [0.3, 0.4) is 0 Å². The molecule has 0 unspecified atom stereocenters. The number of nitrogens with one attached hydrogen (secondary N) is 1. The van der Waals surface area contributed by atoms with Gasteiger partial charge in [-0.1, -0.05) is 25.1 Å². The van der Waals surface area contributed by atoms with Crippen LogP contribution in [0.5, 0.6) is 5.75 Å². The lowest BCUT2D eigenvalue weighted by molar-refractivity contribution is -0.128. The highest BCUT2D eigenvalue weighted by molar-refractivity contribution is 5.81. The van der Waals surface area contributed by atoms with Crippen molar-refractivity contribution in [2.75, 3.05) is 0 Å². The van der Waals surface area contributed by atoms with E-state index in [-0.39, 0.29) is 11.9 Å². The van der Waals surface area contributed by atoms with Crippen LogP contribution in [0.15, 0.2) is 30.3 Å². The van der Waals surface area contributed by atoms with Gasteiger partial charge in [-0.15, -0.1) is 0 Å². The molecular formula is C13H19NO2. The number of amides is 1. The Balaban J connectivity index is 2.58. The highest BCUT2D eigenvalue weighted by Gasteiger charge is 2.18. The van der Waals surface area contributed by atoms with Crippen molar-refractivity contribution in [3.8, 4) is 5.75 Å². The van der Waals surface area contributed by atoms with Crippen molar-refractivity contribution < 1.29 is 9.53 Å². The second-order valence-corrected chi connectivity index (χ2v) is 3.99. The van der Waals surface area contributed by atoms with Crippen molar-refractivity contribution >= 4 is 5.91 Å². The molecule has 0 saturated heterocycles.